The summed E-state index contributed by atoms with van der Waals surface area (Å²) in [6.07, 6.45) is 1.89. The number of hydrogen-bond donors (Lipinski definition) is 0. The predicted octanol–water partition coefficient (Wildman–Crippen LogP) is 8.11. The summed E-state index contributed by atoms with van der Waals surface area (Å²) in [6.45, 7) is 8.08. The van der Waals surface area contributed by atoms with Crippen LogP contribution in [-0.4, -0.2) is 5.71 Å². The van der Waals surface area contributed by atoms with Gasteiger partial charge in [-0.2, -0.15) is 0 Å². The van der Waals surface area contributed by atoms with E-state index in [-0.39, 0.29) is 0 Å². The molecule has 30 heavy (non-hydrogen) atoms. The second-order valence-corrected chi connectivity index (χ2v) is 7.48. The first-order chi connectivity index (χ1) is 14.6. The molecule has 0 heterocycles. The van der Waals surface area contributed by atoms with Gasteiger partial charge in [-0.15, -0.1) is 0 Å². The van der Waals surface area contributed by atoms with Crippen molar-refractivity contribution < 1.29 is 0 Å². The van der Waals surface area contributed by atoms with E-state index < -0.39 is 0 Å². The predicted molar refractivity (Wildman–Crippen MR) is 130 cm³/mol. The number of hydrogen-bond acceptors (Lipinski definition) is 1. The summed E-state index contributed by atoms with van der Waals surface area (Å²) in [4.78, 5) is 4.82. The zero-order valence-electron chi connectivity index (χ0n) is 17.5. The molecule has 0 aliphatic rings. The molecule has 0 fully saturated rings. The van der Waals surface area contributed by atoms with Crippen molar-refractivity contribution in [2.75, 3.05) is 0 Å². The Morgan fingerprint density at radius 2 is 1.23 bits per heavy atom. The van der Waals surface area contributed by atoms with Crippen molar-refractivity contribution in [1.29, 1.82) is 0 Å². The molecule has 0 saturated carbocycles. The third-order valence-corrected chi connectivity index (χ3v) is 5.31. The average molecular weight is 388 g/mol. The minimum absolute atomic E-state index is 0.952. The third-order valence-electron chi connectivity index (χ3n) is 5.31. The van der Waals surface area contributed by atoms with Gasteiger partial charge < -0.3 is 0 Å². The van der Waals surface area contributed by atoms with Crippen LogP contribution in [0.2, 0.25) is 0 Å². The molecule has 0 aromatic heterocycles. The maximum atomic E-state index is 4.82. The molecule has 146 valence electrons. The minimum Gasteiger partial charge on any atom is -0.253 e. The second-order valence-electron chi connectivity index (χ2n) is 7.48. The van der Waals surface area contributed by atoms with Crippen LogP contribution in [0.4, 0.5) is 5.69 Å². The molecule has 0 N–H and O–H groups in total. The van der Waals surface area contributed by atoms with Gasteiger partial charge in [0.25, 0.3) is 0 Å². The zero-order chi connectivity index (χ0) is 20.9. The fourth-order valence-electron chi connectivity index (χ4n) is 3.65. The second kappa shape index (κ2) is 8.75. The summed E-state index contributed by atoms with van der Waals surface area (Å²) in [6, 6.07) is 33.9. The summed E-state index contributed by atoms with van der Waals surface area (Å²) < 4.78 is 0. The fraction of sp³-hybridized carbons (Fsp3) is 0.0690. The lowest BCUT2D eigenvalue weighted by atomic mass is 10.00. The molecular formula is C29H25N. The highest BCUT2D eigenvalue weighted by atomic mass is 14.7. The quantitative estimate of drug-likeness (QED) is 0.307. The molecule has 0 unspecified atom stereocenters. The summed E-state index contributed by atoms with van der Waals surface area (Å²) >= 11 is 0. The van der Waals surface area contributed by atoms with E-state index >= 15 is 0 Å². The van der Waals surface area contributed by atoms with Crippen molar-refractivity contribution in [1.82, 2.24) is 0 Å². The standard InChI is InChI=1S/C29H25N/c1-4-23-20-21(2)10-19-29(23)22(3)30-28-17-15-27(16-18-28)26-13-11-25(12-14-26)24-8-6-5-7-9-24/h4-20H,1H2,2-3H3. The molecule has 0 aliphatic heterocycles. The van der Waals surface area contributed by atoms with E-state index in [9.17, 15) is 0 Å². The van der Waals surface area contributed by atoms with Crippen molar-refractivity contribution >= 4 is 17.5 Å². The molecule has 0 bridgehead atoms. The first-order valence-corrected chi connectivity index (χ1v) is 10.2. The van der Waals surface area contributed by atoms with Crippen LogP contribution >= 0.6 is 0 Å². The maximum Gasteiger partial charge on any atom is 0.0633 e. The van der Waals surface area contributed by atoms with Crippen LogP contribution in [0.1, 0.15) is 23.6 Å². The molecule has 0 amide bonds. The van der Waals surface area contributed by atoms with E-state index in [1.807, 2.05) is 19.1 Å². The zero-order valence-corrected chi connectivity index (χ0v) is 17.5. The Labute approximate surface area is 179 Å². The Morgan fingerprint density at radius 1 is 0.700 bits per heavy atom. The molecule has 0 spiro atoms. The van der Waals surface area contributed by atoms with E-state index in [1.54, 1.807) is 0 Å². The molecule has 0 radical (unpaired) electrons. The highest BCUT2D eigenvalue weighted by molar-refractivity contribution is 6.03. The third kappa shape index (κ3) is 4.31. The van der Waals surface area contributed by atoms with Gasteiger partial charge in [0, 0.05) is 11.3 Å². The van der Waals surface area contributed by atoms with Crippen molar-refractivity contribution in [3.05, 3.63) is 120 Å². The fourth-order valence-corrected chi connectivity index (χ4v) is 3.65. The number of nitrogens with zero attached hydrogens (tertiary/aromatic N) is 1. The number of aliphatic imine (C=N–C) groups is 1. The maximum absolute atomic E-state index is 4.82. The Morgan fingerprint density at radius 3 is 1.80 bits per heavy atom. The van der Waals surface area contributed by atoms with E-state index in [1.165, 1.54) is 27.8 Å². The highest BCUT2D eigenvalue weighted by Crippen LogP contribution is 2.27. The van der Waals surface area contributed by atoms with Gasteiger partial charge in [0.2, 0.25) is 0 Å². The Bertz CT molecular complexity index is 1180. The first-order valence-electron chi connectivity index (χ1n) is 10.2. The lowest BCUT2D eigenvalue weighted by molar-refractivity contribution is 1.42. The van der Waals surface area contributed by atoms with Gasteiger partial charge in [-0.25, -0.2) is 0 Å². The van der Waals surface area contributed by atoms with Crippen LogP contribution < -0.4 is 0 Å². The normalized spacial score (nSPS) is 11.3. The van der Waals surface area contributed by atoms with Gasteiger partial charge in [-0.05, 0) is 53.8 Å². The molecule has 4 aromatic carbocycles. The lowest BCUT2D eigenvalue weighted by Gasteiger charge is -2.08. The summed E-state index contributed by atoms with van der Waals surface area (Å²) in [5.74, 6) is 0. The molecule has 0 aliphatic carbocycles. The summed E-state index contributed by atoms with van der Waals surface area (Å²) in [5, 5.41) is 0. The van der Waals surface area contributed by atoms with Gasteiger partial charge >= 0.3 is 0 Å². The van der Waals surface area contributed by atoms with Crippen molar-refractivity contribution in [2.45, 2.75) is 13.8 Å². The van der Waals surface area contributed by atoms with Gasteiger partial charge in [-0.3, -0.25) is 4.99 Å². The van der Waals surface area contributed by atoms with Crippen LogP contribution in [0.5, 0.6) is 0 Å². The largest absolute Gasteiger partial charge is 0.253 e. The Kier molecular flexibility index (Phi) is 5.72. The van der Waals surface area contributed by atoms with Crippen LogP contribution in [0, 0.1) is 6.92 Å². The molecule has 0 saturated heterocycles. The Balaban J connectivity index is 1.56. The van der Waals surface area contributed by atoms with Gasteiger partial charge in [0.15, 0.2) is 0 Å². The molecule has 4 aromatic rings. The average Bonchev–Trinajstić information content (AvgIpc) is 2.80. The summed E-state index contributed by atoms with van der Waals surface area (Å²) in [7, 11) is 0. The van der Waals surface area contributed by atoms with Crippen molar-refractivity contribution in [3.8, 4) is 22.3 Å². The number of rotatable bonds is 5. The van der Waals surface area contributed by atoms with E-state index in [4.69, 9.17) is 4.99 Å². The smallest absolute Gasteiger partial charge is 0.0633 e. The first kappa shape index (κ1) is 19.6. The monoisotopic (exact) mass is 387 g/mol. The minimum atomic E-state index is 0.952. The summed E-state index contributed by atoms with van der Waals surface area (Å²) in [5.41, 5.74) is 10.3. The molecule has 1 heteroatoms. The van der Waals surface area contributed by atoms with Crippen molar-refractivity contribution in [3.63, 3.8) is 0 Å². The van der Waals surface area contributed by atoms with Crippen LogP contribution in [0.3, 0.4) is 0 Å². The molecule has 4 rings (SSSR count). The molecule has 0 atom stereocenters. The van der Waals surface area contributed by atoms with Crippen LogP contribution in [0.25, 0.3) is 28.3 Å². The van der Waals surface area contributed by atoms with E-state index in [0.29, 0.717) is 0 Å². The van der Waals surface area contributed by atoms with E-state index in [2.05, 4.69) is 104 Å². The SMILES string of the molecule is C=Cc1cc(C)ccc1C(C)=Nc1ccc(-c2ccc(-c3ccccc3)cc2)cc1. The molecular weight excluding hydrogens is 362 g/mol. The van der Waals surface area contributed by atoms with E-state index in [0.717, 1.165) is 22.5 Å². The van der Waals surface area contributed by atoms with Gasteiger partial charge in [-0.1, -0.05) is 103 Å². The topological polar surface area (TPSA) is 12.4 Å². The molecule has 1 nitrogen and oxygen atoms in total. The van der Waals surface area contributed by atoms with Gasteiger partial charge in [0.05, 0.1) is 5.69 Å². The number of benzene rings is 4. The van der Waals surface area contributed by atoms with Crippen LogP contribution in [-0.2, 0) is 0 Å². The van der Waals surface area contributed by atoms with Crippen molar-refractivity contribution in [2.24, 2.45) is 4.99 Å². The highest BCUT2D eigenvalue weighted by Gasteiger charge is 2.05. The lowest BCUT2D eigenvalue weighted by Crippen LogP contribution is -1.98. The Hall–Kier alpha value is -3.71. The number of aryl methyl sites for hydroxylation is 1. The van der Waals surface area contributed by atoms with Crippen LogP contribution in [0.15, 0.2) is 109 Å². The van der Waals surface area contributed by atoms with Gasteiger partial charge in [0.1, 0.15) is 0 Å².